The van der Waals surface area contributed by atoms with Crippen molar-refractivity contribution in [1.29, 1.82) is 0 Å². The predicted molar refractivity (Wildman–Crippen MR) is 66.9 cm³/mol. The second-order valence-electron chi connectivity index (χ2n) is 3.46. The molecule has 18 heavy (non-hydrogen) atoms. The van der Waals surface area contributed by atoms with Crippen LogP contribution < -0.4 is 10.2 Å². The highest BCUT2D eigenvalue weighted by atomic mass is 32.2. The fraction of sp³-hybridized carbons (Fsp3) is 0. The fourth-order valence-corrected chi connectivity index (χ4v) is 2.34. The van der Waals surface area contributed by atoms with Gasteiger partial charge < -0.3 is 0 Å². The molecule has 0 radical (unpaired) electrons. The Balaban J connectivity index is 2.25. The summed E-state index contributed by atoms with van der Waals surface area (Å²) in [4.78, 5) is 3.97. The van der Waals surface area contributed by atoms with Crippen LogP contribution >= 0.6 is 0 Å². The van der Waals surface area contributed by atoms with Crippen molar-refractivity contribution in [3.63, 3.8) is 0 Å². The van der Waals surface area contributed by atoms with Crippen LogP contribution in [0, 0.1) is 0 Å². The summed E-state index contributed by atoms with van der Waals surface area (Å²) in [5.74, 6) is 0.252. The molecule has 0 unspecified atom stereocenters. The van der Waals surface area contributed by atoms with Gasteiger partial charge >= 0.3 is 0 Å². The first kappa shape index (κ1) is 12.3. The molecule has 0 amide bonds. The second kappa shape index (κ2) is 5.03. The summed E-state index contributed by atoms with van der Waals surface area (Å²) in [6.07, 6.45) is 1.50. The van der Waals surface area contributed by atoms with Gasteiger partial charge in [0.2, 0.25) is 0 Å². The highest BCUT2D eigenvalue weighted by molar-refractivity contribution is 7.92. The first-order valence-electron chi connectivity index (χ1n) is 5.06. The van der Waals surface area contributed by atoms with Crippen molar-refractivity contribution < 1.29 is 13.6 Å². The Morgan fingerprint density at radius 3 is 2.33 bits per heavy atom. The third kappa shape index (κ3) is 2.76. The zero-order valence-corrected chi connectivity index (χ0v) is 10.1. The van der Waals surface area contributed by atoms with Crippen molar-refractivity contribution in [2.75, 3.05) is 10.2 Å². The van der Waals surface area contributed by atoms with E-state index in [4.69, 9.17) is 5.21 Å². The van der Waals surface area contributed by atoms with Crippen molar-refractivity contribution in [3.8, 4) is 0 Å². The Hall–Kier alpha value is -2.12. The first-order chi connectivity index (χ1) is 8.62. The van der Waals surface area contributed by atoms with Crippen LogP contribution in [0.1, 0.15) is 0 Å². The number of hydrogen-bond acceptors (Lipinski definition) is 5. The molecular formula is C11H11N3O3S. The van der Waals surface area contributed by atoms with Gasteiger partial charge in [-0.15, -0.1) is 0 Å². The monoisotopic (exact) mass is 265 g/mol. The van der Waals surface area contributed by atoms with E-state index in [1.54, 1.807) is 18.2 Å². The highest BCUT2D eigenvalue weighted by Gasteiger charge is 2.14. The molecule has 3 N–H and O–H groups in total. The quantitative estimate of drug-likeness (QED) is 0.732. The maximum Gasteiger partial charge on any atom is 0.263 e. The Morgan fingerprint density at radius 2 is 1.78 bits per heavy atom. The average molecular weight is 265 g/mol. The molecule has 1 aromatic heterocycles. The lowest BCUT2D eigenvalue weighted by molar-refractivity contribution is 0.389. The smallest absolute Gasteiger partial charge is 0.263 e. The lowest BCUT2D eigenvalue weighted by atomic mass is 10.3. The van der Waals surface area contributed by atoms with Crippen LogP contribution in [0.4, 0.5) is 11.5 Å². The molecule has 0 spiro atoms. The van der Waals surface area contributed by atoms with Gasteiger partial charge in [-0.3, -0.25) is 15.4 Å². The Morgan fingerprint density at radius 1 is 1.06 bits per heavy atom. The van der Waals surface area contributed by atoms with E-state index in [1.165, 1.54) is 30.5 Å². The van der Waals surface area contributed by atoms with E-state index in [9.17, 15) is 8.42 Å². The molecule has 2 aromatic rings. The van der Waals surface area contributed by atoms with E-state index in [0.717, 1.165) is 0 Å². The number of nitrogens with zero attached hydrogens (tertiary/aromatic N) is 1. The van der Waals surface area contributed by atoms with Crippen LogP contribution in [0.3, 0.4) is 0 Å². The van der Waals surface area contributed by atoms with E-state index in [-0.39, 0.29) is 10.7 Å². The normalized spacial score (nSPS) is 10.9. The molecule has 0 aliphatic rings. The molecule has 0 fully saturated rings. The van der Waals surface area contributed by atoms with Gasteiger partial charge in [-0.1, -0.05) is 6.07 Å². The number of pyridine rings is 1. The number of rotatable bonds is 4. The molecule has 1 aromatic carbocycles. The van der Waals surface area contributed by atoms with Gasteiger partial charge in [0.05, 0.1) is 10.6 Å². The van der Waals surface area contributed by atoms with E-state index in [1.807, 2.05) is 5.48 Å². The lowest BCUT2D eigenvalue weighted by Crippen LogP contribution is -2.13. The third-order valence-corrected chi connectivity index (χ3v) is 3.57. The molecule has 0 aliphatic carbocycles. The Kier molecular flexibility index (Phi) is 3.45. The number of hydrogen-bond donors (Lipinski definition) is 3. The van der Waals surface area contributed by atoms with Crippen LogP contribution in [0.5, 0.6) is 0 Å². The molecule has 0 bridgehead atoms. The molecule has 0 aliphatic heterocycles. The van der Waals surface area contributed by atoms with Gasteiger partial charge in [0.1, 0.15) is 5.82 Å². The zero-order chi connectivity index (χ0) is 13.0. The first-order valence-corrected chi connectivity index (χ1v) is 6.54. The van der Waals surface area contributed by atoms with Crippen LogP contribution in [0.15, 0.2) is 53.6 Å². The molecule has 7 heteroatoms. The van der Waals surface area contributed by atoms with Crippen molar-refractivity contribution in [3.05, 3.63) is 48.7 Å². The maximum absolute atomic E-state index is 12.0. The number of anilines is 2. The maximum atomic E-state index is 12.0. The standard InChI is InChI=1S/C11H11N3O3S/c15-13-9-4-6-10(7-5-9)18(16,17)14-11-3-1-2-8-12-11/h1-8,13,15H,(H,12,14). The summed E-state index contributed by atoms with van der Waals surface area (Å²) in [5, 5.41) is 8.64. The second-order valence-corrected chi connectivity index (χ2v) is 5.14. The predicted octanol–water partition coefficient (Wildman–Crippen LogP) is 1.68. The molecule has 6 nitrogen and oxygen atoms in total. The summed E-state index contributed by atoms with van der Waals surface area (Å²) in [6, 6.07) is 10.6. The Bertz CT molecular complexity index is 612. The van der Waals surface area contributed by atoms with Crippen molar-refractivity contribution in [2.24, 2.45) is 0 Å². The minimum Gasteiger partial charge on any atom is -0.291 e. The van der Waals surface area contributed by atoms with Crippen LogP contribution in [0.2, 0.25) is 0 Å². The summed E-state index contributed by atoms with van der Waals surface area (Å²) in [6.45, 7) is 0. The minimum atomic E-state index is -3.66. The fourth-order valence-electron chi connectivity index (χ4n) is 1.33. The van der Waals surface area contributed by atoms with Gasteiger partial charge in [0, 0.05) is 6.20 Å². The molecular weight excluding hydrogens is 254 g/mol. The largest absolute Gasteiger partial charge is 0.291 e. The molecule has 0 atom stereocenters. The number of benzene rings is 1. The van der Waals surface area contributed by atoms with Crippen molar-refractivity contribution in [1.82, 2.24) is 4.98 Å². The van der Waals surface area contributed by atoms with E-state index < -0.39 is 10.0 Å². The molecule has 0 saturated carbocycles. The summed E-state index contributed by atoms with van der Waals surface area (Å²) < 4.78 is 26.3. The van der Waals surface area contributed by atoms with Gasteiger partial charge in [-0.2, -0.15) is 0 Å². The average Bonchev–Trinajstić information content (AvgIpc) is 2.39. The minimum absolute atomic E-state index is 0.0900. The van der Waals surface area contributed by atoms with Gasteiger partial charge in [0.25, 0.3) is 10.0 Å². The van der Waals surface area contributed by atoms with Crippen molar-refractivity contribution >= 4 is 21.5 Å². The SMILES string of the molecule is O=S(=O)(Nc1ccccn1)c1ccc(NO)cc1. The molecule has 0 saturated heterocycles. The molecule has 1 heterocycles. The summed E-state index contributed by atoms with van der Waals surface area (Å²) in [5.41, 5.74) is 2.34. The zero-order valence-electron chi connectivity index (χ0n) is 9.24. The van der Waals surface area contributed by atoms with Gasteiger partial charge in [0.15, 0.2) is 0 Å². The number of nitrogens with one attached hydrogen (secondary N) is 2. The third-order valence-electron chi connectivity index (χ3n) is 2.20. The number of aromatic nitrogens is 1. The summed E-state index contributed by atoms with van der Waals surface area (Å²) >= 11 is 0. The van der Waals surface area contributed by atoms with Crippen LogP contribution in [-0.4, -0.2) is 18.6 Å². The summed E-state index contributed by atoms with van der Waals surface area (Å²) in [7, 11) is -3.66. The van der Waals surface area contributed by atoms with Crippen LogP contribution in [0.25, 0.3) is 0 Å². The molecule has 94 valence electrons. The highest BCUT2D eigenvalue weighted by Crippen LogP contribution is 2.16. The van der Waals surface area contributed by atoms with Crippen LogP contribution in [-0.2, 0) is 10.0 Å². The Labute approximate surface area is 104 Å². The number of sulfonamides is 1. The topological polar surface area (TPSA) is 91.3 Å². The van der Waals surface area contributed by atoms with Gasteiger partial charge in [-0.25, -0.2) is 13.4 Å². The lowest BCUT2D eigenvalue weighted by Gasteiger charge is -2.07. The molecule has 2 rings (SSSR count). The van der Waals surface area contributed by atoms with E-state index >= 15 is 0 Å². The van der Waals surface area contributed by atoms with Gasteiger partial charge in [-0.05, 0) is 36.4 Å². The van der Waals surface area contributed by atoms with E-state index in [2.05, 4.69) is 9.71 Å². The van der Waals surface area contributed by atoms with Crippen molar-refractivity contribution in [2.45, 2.75) is 4.90 Å². The van der Waals surface area contributed by atoms with E-state index in [0.29, 0.717) is 5.69 Å².